The van der Waals surface area contributed by atoms with E-state index in [0.717, 1.165) is 44.0 Å². The van der Waals surface area contributed by atoms with Crippen molar-refractivity contribution in [1.82, 2.24) is 10.3 Å². The molecule has 1 amide bonds. The molecule has 152 valence electrons. The fraction of sp³-hybridized carbons (Fsp3) is 0.304. The number of anilines is 1. The number of amides is 1. The van der Waals surface area contributed by atoms with Gasteiger partial charge < -0.3 is 9.64 Å². The van der Waals surface area contributed by atoms with Gasteiger partial charge in [0.15, 0.2) is 0 Å². The highest BCUT2D eigenvalue weighted by Crippen LogP contribution is 2.18. The van der Waals surface area contributed by atoms with Crippen LogP contribution in [0.5, 0.6) is 5.75 Å². The Morgan fingerprint density at radius 3 is 2.55 bits per heavy atom. The van der Waals surface area contributed by atoms with Gasteiger partial charge >= 0.3 is 0 Å². The quantitative estimate of drug-likeness (QED) is 0.554. The number of rotatable bonds is 8. The smallest absolute Gasteiger partial charge is 0.241 e. The number of methoxy groups -OCH3 is 1. The second kappa shape index (κ2) is 11.0. The van der Waals surface area contributed by atoms with Crippen LogP contribution < -0.4 is 15.1 Å². The van der Waals surface area contributed by atoms with Gasteiger partial charge in [0.2, 0.25) is 5.91 Å². The van der Waals surface area contributed by atoms with E-state index < -0.39 is 0 Å². The summed E-state index contributed by atoms with van der Waals surface area (Å²) in [4.78, 5) is 16.7. The molecule has 6 nitrogen and oxygen atoms in total. The van der Waals surface area contributed by atoms with Gasteiger partial charge in [0.25, 0.3) is 0 Å². The lowest BCUT2D eigenvalue weighted by Crippen LogP contribution is -2.47. The zero-order valence-corrected chi connectivity index (χ0v) is 16.8. The molecule has 6 heteroatoms. The molecule has 1 saturated heterocycles. The van der Waals surface area contributed by atoms with Crippen LogP contribution >= 0.6 is 0 Å². The van der Waals surface area contributed by atoms with Crippen molar-refractivity contribution in [2.45, 2.75) is 6.42 Å². The minimum atomic E-state index is -0.0718. The normalized spacial score (nSPS) is 15.1. The fourth-order valence-electron chi connectivity index (χ4n) is 3.29. The molecule has 1 N–H and O–H groups in total. The Hall–Kier alpha value is -3.12. The average molecular weight is 393 g/mol. The largest absolute Gasteiger partial charge is 0.496 e. The van der Waals surface area contributed by atoms with Crippen LogP contribution in [-0.4, -0.2) is 56.9 Å². The van der Waals surface area contributed by atoms with Crippen molar-refractivity contribution in [3.05, 3.63) is 66.2 Å². The highest BCUT2D eigenvalue weighted by atomic mass is 16.5. The third-order valence-electron chi connectivity index (χ3n) is 4.91. The van der Waals surface area contributed by atoms with Gasteiger partial charge in [-0.3, -0.25) is 9.69 Å². The number of nitrogens with one attached hydrogen (secondary N) is 1. The second-order valence-corrected chi connectivity index (χ2v) is 6.83. The lowest BCUT2D eigenvalue weighted by atomic mass is 10.2. The van der Waals surface area contributed by atoms with Crippen molar-refractivity contribution in [3.8, 4) is 5.75 Å². The second-order valence-electron chi connectivity index (χ2n) is 6.83. The number of ether oxygens (including phenoxy) is 1. The van der Waals surface area contributed by atoms with Crippen molar-refractivity contribution in [2.75, 3.05) is 44.7 Å². The molecular weight excluding hydrogens is 364 g/mol. The summed E-state index contributed by atoms with van der Waals surface area (Å²) in [6.07, 6.45) is 5.68. The van der Waals surface area contributed by atoms with Crippen molar-refractivity contribution < 1.29 is 9.53 Å². The monoisotopic (exact) mass is 392 g/mol. The number of benzene rings is 2. The summed E-state index contributed by atoms with van der Waals surface area (Å²) in [6.45, 7) is 4.65. The average Bonchev–Trinajstić information content (AvgIpc) is 2.78. The number of allylic oxidation sites excluding steroid dienone is 1. The SMILES string of the molecule is COc1ccccc1/C=C/C=N/NC(=O)CCN1CCN(c2ccccc2)CC1. The summed E-state index contributed by atoms with van der Waals surface area (Å²) < 4.78 is 5.29. The van der Waals surface area contributed by atoms with Crippen LogP contribution in [0.2, 0.25) is 0 Å². The number of piperazine rings is 1. The van der Waals surface area contributed by atoms with Gasteiger partial charge in [-0.15, -0.1) is 0 Å². The lowest BCUT2D eigenvalue weighted by molar-refractivity contribution is -0.121. The van der Waals surface area contributed by atoms with E-state index in [0.29, 0.717) is 6.42 Å². The number of carbonyl (C=O) groups excluding carboxylic acids is 1. The van der Waals surface area contributed by atoms with Crippen LogP contribution in [0.1, 0.15) is 12.0 Å². The summed E-state index contributed by atoms with van der Waals surface area (Å²) in [5, 5.41) is 3.98. The summed E-state index contributed by atoms with van der Waals surface area (Å²) >= 11 is 0. The molecule has 1 aliphatic rings. The first-order valence-corrected chi connectivity index (χ1v) is 9.90. The predicted octanol–water partition coefficient (Wildman–Crippen LogP) is 3.02. The van der Waals surface area contributed by atoms with Gasteiger partial charge in [0.05, 0.1) is 7.11 Å². The molecule has 1 heterocycles. The van der Waals surface area contributed by atoms with Crippen LogP contribution in [0.3, 0.4) is 0 Å². The van der Waals surface area contributed by atoms with E-state index in [4.69, 9.17) is 4.74 Å². The number of hydrogen-bond donors (Lipinski definition) is 1. The molecule has 29 heavy (non-hydrogen) atoms. The Bertz CT molecular complexity index is 828. The molecular formula is C23H28N4O2. The molecule has 0 radical (unpaired) electrons. The molecule has 0 unspecified atom stereocenters. The summed E-state index contributed by atoms with van der Waals surface area (Å²) in [5.41, 5.74) is 4.81. The molecule has 3 rings (SSSR count). The van der Waals surface area contributed by atoms with Gasteiger partial charge in [0.1, 0.15) is 5.75 Å². The van der Waals surface area contributed by atoms with Crippen LogP contribution in [-0.2, 0) is 4.79 Å². The predicted molar refractivity (Wildman–Crippen MR) is 118 cm³/mol. The molecule has 2 aromatic rings. The third kappa shape index (κ3) is 6.47. The zero-order chi connectivity index (χ0) is 20.3. The van der Waals surface area contributed by atoms with E-state index >= 15 is 0 Å². The number of para-hydroxylation sites is 2. The number of carbonyl (C=O) groups is 1. The van der Waals surface area contributed by atoms with Gasteiger partial charge in [-0.25, -0.2) is 5.43 Å². The van der Waals surface area contributed by atoms with Crippen molar-refractivity contribution in [1.29, 1.82) is 0 Å². The van der Waals surface area contributed by atoms with Gasteiger partial charge in [-0.2, -0.15) is 5.10 Å². The van der Waals surface area contributed by atoms with Crippen LogP contribution in [0.4, 0.5) is 5.69 Å². The van der Waals surface area contributed by atoms with Gasteiger partial charge in [-0.05, 0) is 30.4 Å². The van der Waals surface area contributed by atoms with E-state index in [1.165, 1.54) is 5.69 Å². The van der Waals surface area contributed by atoms with E-state index in [-0.39, 0.29) is 5.91 Å². The van der Waals surface area contributed by atoms with Gasteiger partial charge in [0, 0.05) is 56.6 Å². The van der Waals surface area contributed by atoms with Crippen LogP contribution in [0, 0.1) is 0 Å². The maximum Gasteiger partial charge on any atom is 0.241 e. The maximum atomic E-state index is 12.0. The third-order valence-corrected chi connectivity index (χ3v) is 4.91. The van der Waals surface area contributed by atoms with Crippen molar-refractivity contribution in [2.24, 2.45) is 5.10 Å². The summed E-state index contributed by atoms with van der Waals surface area (Å²) in [7, 11) is 1.64. The Labute approximate surface area is 172 Å². The zero-order valence-electron chi connectivity index (χ0n) is 16.8. The van der Waals surface area contributed by atoms with Crippen LogP contribution in [0.25, 0.3) is 6.08 Å². The van der Waals surface area contributed by atoms with E-state index in [9.17, 15) is 4.79 Å². The Morgan fingerprint density at radius 1 is 1.07 bits per heavy atom. The molecule has 0 atom stereocenters. The number of nitrogens with zero attached hydrogens (tertiary/aromatic N) is 3. The first-order chi connectivity index (χ1) is 14.3. The Kier molecular flexibility index (Phi) is 7.83. The minimum Gasteiger partial charge on any atom is -0.496 e. The first-order valence-electron chi connectivity index (χ1n) is 9.90. The van der Waals surface area contributed by atoms with Crippen molar-refractivity contribution in [3.63, 3.8) is 0 Å². The topological polar surface area (TPSA) is 57.2 Å². The van der Waals surface area contributed by atoms with Crippen LogP contribution in [0.15, 0.2) is 65.8 Å². The summed E-state index contributed by atoms with van der Waals surface area (Å²) in [6, 6.07) is 18.2. The van der Waals surface area contributed by atoms with E-state index in [2.05, 4.69) is 44.6 Å². The minimum absolute atomic E-state index is 0.0718. The molecule has 0 saturated carbocycles. The first kappa shape index (κ1) is 20.6. The molecule has 0 bridgehead atoms. The van der Waals surface area contributed by atoms with E-state index in [1.807, 2.05) is 36.4 Å². The maximum absolute atomic E-state index is 12.0. The fourth-order valence-corrected chi connectivity index (χ4v) is 3.29. The lowest BCUT2D eigenvalue weighted by Gasteiger charge is -2.36. The highest BCUT2D eigenvalue weighted by molar-refractivity contribution is 5.82. The highest BCUT2D eigenvalue weighted by Gasteiger charge is 2.17. The molecule has 1 fully saturated rings. The standard InChI is InChI=1S/C23H28N4O2/c1-29-22-12-6-5-8-20(22)9-7-14-24-25-23(28)13-15-26-16-18-27(19-17-26)21-10-3-2-4-11-21/h2-12,14H,13,15-19H2,1H3,(H,25,28)/b9-7+,24-14+. The molecule has 0 aromatic heterocycles. The molecule has 2 aromatic carbocycles. The van der Waals surface area contributed by atoms with Gasteiger partial charge in [-0.1, -0.05) is 36.4 Å². The number of hydrogen-bond acceptors (Lipinski definition) is 5. The van der Waals surface area contributed by atoms with E-state index in [1.54, 1.807) is 19.4 Å². The van der Waals surface area contributed by atoms with Crippen molar-refractivity contribution >= 4 is 23.9 Å². The summed E-state index contributed by atoms with van der Waals surface area (Å²) in [5.74, 6) is 0.728. The molecule has 0 aliphatic carbocycles. The molecule has 1 aliphatic heterocycles. The Morgan fingerprint density at radius 2 is 1.79 bits per heavy atom. The Balaban J connectivity index is 1.34. The number of hydrazone groups is 1. The molecule has 0 spiro atoms.